The second-order valence-electron chi connectivity index (χ2n) is 4.64. The SMILES string of the molecule is CCC(C)CC(C)NCc1cc(C(=O)O)cs1. The van der Waals surface area contributed by atoms with E-state index in [4.69, 9.17) is 5.11 Å². The molecule has 1 aromatic rings. The van der Waals surface area contributed by atoms with E-state index >= 15 is 0 Å². The highest BCUT2D eigenvalue weighted by Crippen LogP contribution is 2.15. The molecule has 0 aliphatic heterocycles. The van der Waals surface area contributed by atoms with Crippen LogP contribution < -0.4 is 5.32 Å². The molecule has 0 bridgehead atoms. The van der Waals surface area contributed by atoms with E-state index in [9.17, 15) is 4.79 Å². The van der Waals surface area contributed by atoms with Crippen LogP contribution in [-0.2, 0) is 6.54 Å². The van der Waals surface area contributed by atoms with Crippen molar-refractivity contribution in [1.29, 1.82) is 0 Å². The normalized spacial score (nSPS) is 14.5. The molecule has 0 aromatic carbocycles. The summed E-state index contributed by atoms with van der Waals surface area (Å²) in [7, 11) is 0. The van der Waals surface area contributed by atoms with Crippen LogP contribution in [0, 0.1) is 5.92 Å². The van der Waals surface area contributed by atoms with Crippen molar-refractivity contribution >= 4 is 17.3 Å². The Balaban J connectivity index is 2.36. The molecule has 1 rings (SSSR count). The van der Waals surface area contributed by atoms with Crippen LogP contribution in [-0.4, -0.2) is 17.1 Å². The van der Waals surface area contributed by atoms with E-state index in [0.717, 1.165) is 23.8 Å². The van der Waals surface area contributed by atoms with Crippen molar-refractivity contribution in [3.05, 3.63) is 21.9 Å². The Kier molecular flexibility index (Phi) is 5.65. The topological polar surface area (TPSA) is 49.3 Å². The molecule has 1 heterocycles. The molecule has 0 saturated carbocycles. The Hall–Kier alpha value is -0.870. The van der Waals surface area contributed by atoms with Gasteiger partial charge in [0.1, 0.15) is 0 Å². The van der Waals surface area contributed by atoms with E-state index < -0.39 is 5.97 Å². The van der Waals surface area contributed by atoms with Gasteiger partial charge in [-0.2, -0.15) is 0 Å². The zero-order chi connectivity index (χ0) is 12.8. The van der Waals surface area contributed by atoms with Crippen molar-refractivity contribution in [2.24, 2.45) is 5.92 Å². The van der Waals surface area contributed by atoms with Gasteiger partial charge in [0.15, 0.2) is 0 Å². The summed E-state index contributed by atoms with van der Waals surface area (Å²) in [5.41, 5.74) is 0.390. The lowest BCUT2D eigenvalue weighted by Gasteiger charge is -2.16. The first kappa shape index (κ1) is 14.2. The van der Waals surface area contributed by atoms with Gasteiger partial charge in [0.25, 0.3) is 0 Å². The Bertz CT molecular complexity index is 362. The van der Waals surface area contributed by atoms with Crippen LogP contribution in [0.15, 0.2) is 11.4 Å². The van der Waals surface area contributed by atoms with Gasteiger partial charge in [-0.1, -0.05) is 20.3 Å². The number of carboxylic acid groups (broad SMARTS) is 1. The number of carbonyl (C=O) groups is 1. The summed E-state index contributed by atoms with van der Waals surface area (Å²) >= 11 is 1.50. The number of rotatable bonds is 7. The van der Waals surface area contributed by atoms with E-state index in [-0.39, 0.29) is 0 Å². The molecule has 17 heavy (non-hydrogen) atoms. The van der Waals surface area contributed by atoms with E-state index in [1.165, 1.54) is 17.8 Å². The van der Waals surface area contributed by atoms with E-state index in [2.05, 4.69) is 26.1 Å². The first-order valence-corrected chi connectivity index (χ1v) is 6.95. The lowest BCUT2D eigenvalue weighted by atomic mass is 10.0. The van der Waals surface area contributed by atoms with Gasteiger partial charge >= 0.3 is 5.97 Å². The van der Waals surface area contributed by atoms with Crippen LogP contribution >= 0.6 is 11.3 Å². The zero-order valence-electron chi connectivity index (χ0n) is 10.7. The van der Waals surface area contributed by atoms with Gasteiger partial charge in [-0.3, -0.25) is 0 Å². The molecule has 0 fully saturated rings. The molecule has 2 atom stereocenters. The molecule has 0 amide bonds. The minimum Gasteiger partial charge on any atom is -0.478 e. The van der Waals surface area contributed by atoms with Crippen molar-refractivity contribution in [2.45, 2.75) is 46.2 Å². The predicted octanol–water partition coefficient (Wildman–Crippen LogP) is 3.36. The van der Waals surface area contributed by atoms with E-state index in [0.29, 0.717) is 11.6 Å². The molecule has 0 radical (unpaired) electrons. The quantitative estimate of drug-likeness (QED) is 0.785. The molecule has 0 aliphatic rings. The van der Waals surface area contributed by atoms with E-state index in [1.54, 1.807) is 11.4 Å². The minimum atomic E-state index is -0.847. The lowest BCUT2D eigenvalue weighted by Crippen LogP contribution is -2.26. The molecule has 0 aliphatic carbocycles. The number of carboxylic acids is 1. The Morgan fingerprint density at radius 2 is 2.24 bits per heavy atom. The Labute approximate surface area is 107 Å². The fourth-order valence-corrected chi connectivity index (χ4v) is 2.52. The Morgan fingerprint density at radius 1 is 1.53 bits per heavy atom. The first-order chi connectivity index (χ1) is 8.02. The van der Waals surface area contributed by atoms with Crippen molar-refractivity contribution in [3.8, 4) is 0 Å². The number of thiophene rings is 1. The maximum absolute atomic E-state index is 10.7. The van der Waals surface area contributed by atoms with E-state index in [1.807, 2.05) is 0 Å². The molecule has 3 nitrogen and oxygen atoms in total. The van der Waals surface area contributed by atoms with Crippen molar-refractivity contribution < 1.29 is 9.90 Å². The van der Waals surface area contributed by atoms with Gasteiger partial charge in [-0.05, 0) is 25.3 Å². The summed E-state index contributed by atoms with van der Waals surface area (Å²) in [5.74, 6) is -0.115. The maximum atomic E-state index is 10.7. The van der Waals surface area contributed by atoms with Gasteiger partial charge in [-0.15, -0.1) is 11.3 Å². The maximum Gasteiger partial charge on any atom is 0.336 e. The third kappa shape index (κ3) is 4.88. The number of nitrogens with one attached hydrogen (secondary N) is 1. The molecule has 4 heteroatoms. The smallest absolute Gasteiger partial charge is 0.336 e. The van der Waals surface area contributed by atoms with Gasteiger partial charge in [0, 0.05) is 22.8 Å². The van der Waals surface area contributed by atoms with Crippen molar-refractivity contribution in [3.63, 3.8) is 0 Å². The van der Waals surface area contributed by atoms with Crippen LogP contribution in [0.2, 0.25) is 0 Å². The minimum absolute atomic E-state index is 0.390. The average molecular weight is 255 g/mol. The fourth-order valence-electron chi connectivity index (χ4n) is 1.71. The number of aromatic carboxylic acids is 1. The first-order valence-electron chi connectivity index (χ1n) is 6.07. The molecule has 0 spiro atoms. The van der Waals surface area contributed by atoms with Gasteiger partial charge < -0.3 is 10.4 Å². The van der Waals surface area contributed by atoms with Crippen LogP contribution in [0.5, 0.6) is 0 Å². The molecular formula is C13H21NO2S. The van der Waals surface area contributed by atoms with Gasteiger partial charge in [0.2, 0.25) is 0 Å². The van der Waals surface area contributed by atoms with Crippen LogP contribution in [0.4, 0.5) is 0 Å². The fraction of sp³-hybridized carbons (Fsp3) is 0.615. The highest BCUT2D eigenvalue weighted by molar-refractivity contribution is 7.10. The highest BCUT2D eigenvalue weighted by Gasteiger charge is 2.09. The van der Waals surface area contributed by atoms with Crippen LogP contribution in [0.3, 0.4) is 0 Å². The summed E-state index contributed by atoms with van der Waals surface area (Å²) in [6, 6.07) is 2.22. The third-order valence-electron chi connectivity index (χ3n) is 2.98. The van der Waals surface area contributed by atoms with Crippen molar-refractivity contribution in [2.75, 3.05) is 0 Å². The van der Waals surface area contributed by atoms with Crippen molar-refractivity contribution in [1.82, 2.24) is 5.32 Å². The van der Waals surface area contributed by atoms with Crippen LogP contribution in [0.25, 0.3) is 0 Å². The second-order valence-corrected chi connectivity index (χ2v) is 5.63. The zero-order valence-corrected chi connectivity index (χ0v) is 11.5. The molecular weight excluding hydrogens is 234 g/mol. The van der Waals surface area contributed by atoms with Gasteiger partial charge in [-0.25, -0.2) is 4.79 Å². The Morgan fingerprint density at radius 3 is 2.76 bits per heavy atom. The third-order valence-corrected chi connectivity index (χ3v) is 3.92. The molecule has 1 aromatic heterocycles. The summed E-state index contributed by atoms with van der Waals surface area (Å²) in [4.78, 5) is 11.8. The number of hydrogen-bond acceptors (Lipinski definition) is 3. The van der Waals surface area contributed by atoms with Crippen LogP contribution in [0.1, 0.15) is 48.8 Å². The molecule has 2 unspecified atom stereocenters. The summed E-state index contributed by atoms with van der Waals surface area (Å²) in [5, 5.41) is 13.9. The number of hydrogen-bond donors (Lipinski definition) is 2. The lowest BCUT2D eigenvalue weighted by molar-refractivity contribution is 0.0697. The van der Waals surface area contributed by atoms with Gasteiger partial charge in [0.05, 0.1) is 5.56 Å². The molecule has 2 N–H and O–H groups in total. The monoisotopic (exact) mass is 255 g/mol. The molecule has 96 valence electrons. The predicted molar refractivity (Wildman–Crippen MR) is 71.7 cm³/mol. The second kappa shape index (κ2) is 6.77. The standard InChI is InChI=1S/C13H21NO2S/c1-4-9(2)5-10(3)14-7-12-6-11(8-17-12)13(15)16/h6,8-10,14H,4-5,7H2,1-3H3,(H,15,16). The summed E-state index contributed by atoms with van der Waals surface area (Å²) in [6.07, 6.45) is 2.36. The average Bonchev–Trinajstić information content (AvgIpc) is 2.75. The summed E-state index contributed by atoms with van der Waals surface area (Å²) < 4.78 is 0. The molecule has 0 saturated heterocycles. The summed E-state index contributed by atoms with van der Waals surface area (Å²) in [6.45, 7) is 7.40. The largest absolute Gasteiger partial charge is 0.478 e. The highest BCUT2D eigenvalue weighted by atomic mass is 32.1.